The molecule has 1 aromatic carbocycles. The van der Waals surface area contributed by atoms with Crippen molar-refractivity contribution in [1.29, 1.82) is 0 Å². The molecule has 1 heterocycles. The molecule has 0 unspecified atom stereocenters. The molecule has 0 spiro atoms. The van der Waals surface area contributed by atoms with Gasteiger partial charge in [0, 0.05) is 15.9 Å². The van der Waals surface area contributed by atoms with Crippen molar-refractivity contribution in [3.63, 3.8) is 0 Å². The fourth-order valence-corrected chi connectivity index (χ4v) is 3.02. The van der Waals surface area contributed by atoms with E-state index in [1.54, 1.807) is 0 Å². The summed E-state index contributed by atoms with van der Waals surface area (Å²) in [6, 6.07) is 6.08. The molecule has 5 heteroatoms. The standard InChI is InChI=1S/C12H13BrN2OS/c1-7-8(2)16-12(15-7)17-11-4-9(6-14)3-10(13)5-11/h3-5H,6,14H2,1-2H3. The monoisotopic (exact) mass is 312 g/mol. The lowest BCUT2D eigenvalue weighted by Crippen LogP contribution is -1.96. The molecule has 0 aliphatic rings. The molecule has 17 heavy (non-hydrogen) atoms. The number of hydrogen-bond donors (Lipinski definition) is 1. The van der Waals surface area contributed by atoms with Gasteiger partial charge in [-0.15, -0.1) is 0 Å². The van der Waals surface area contributed by atoms with Crippen LogP contribution in [0, 0.1) is 13.8 Å². The first-order valence-electron chi connectivity index (χ1n) is 5.20. The van der Waals surface area contributed by atoms with Crippen molar-refractivity contribution in [3.8, 4) is 0 Å². The van der Waals surface area contributed by atoms with Crippen LogP contribution in [0.3, 0.4) is 0 Å². The van der Waals surface area contributed by atoms with Gasteiger partial charge in [0.1, 0.15) is 5.76 Å². The predicted octanol–water partition coefficient (Wildman–Crippen LogP) is 3.66. The first-order chi connectivity index (χ1) is 8.08. The number of hydrogen-bond acceptors (Lipinski definition) is 4. The third kappa shape index (κ3) is 3.12. The summed E-state index contributed by atoms with van der Waals surface area (Å²) >= 11 is 4.97. The van der Waals surface area contributed by atoms with E-state index >= 15 is 0 Å². The maximum absolute atomic E-state index is 5.64. The van der Waals surface area contributed by atoms with Crippen LogP contribution >= 0.6 is 27.7 Å². The molecular formula is C12H13BrN2OS. The lowest BCUT2D eigenvalue weighted by atomic mass is 10.2. The summed E-state index contributed by atoms with van der Waals surface area (Å²) in [5.74, 6) is 0.863. The fraction of sp³-hybridized carbons (Fsp3) is 0.250. The lowest BCUT2D eigenvalue weighted by molar-refractivity contribution is 0.431. The number of nitrogens with zero attached hydrogens (tertiary/aromatic N) is 1. The van der Waals surface area contributed by atoms with Crippen molar-refractivity contribution in [3.05, 3.63) is 39.7 Å². The van der Waals surface area contributed by atoms with Gasteiger partial charge in [0.25, 0.3) is 5.22 Å². The average Bonchev–Trinajstić information content (AvgIpc) is 2.57. The number of oxazole rings is 1. The minimum absolute atomic E-state index is 0.524. The Hall–Kier alpha value is -0.780. The highest BCUT2D eigenvalue weighted by molar-refractivity contribution is 9.10. The Labute approximate surface area is 113 Å². The minimum Gasteiger partial charge on any atom is -0.436 e. The van der Waals surface area contributed by atoms with Crippen LogP contribution in [-0.4, -0.2) is 4.98 Å². The Bertz CT molecular complexity index is 520. The summed E-state index contributed by atoms with van der Waals surface area (Å²) in [5.41, 5.74) is 7.66. The number of nitrogens with two attached hydrogens (primary N) is 1. The van der Waals surface area contributed by atoms with Gasteiger partial charge < -0.3 is 10.2 Å². The molecule has 0 fully saturated rings. The van der Waals surface area contributed by atoms with E-state index in [1.165, 1.54) is 11.8 Å². The van der Waals surface area contributed by atoms with Crippen molar-refractivity contribution in [2.45, 2.75) is 30.5 Å². The van der Waals surface area contributed by atoms with E-state index in [4.69, 9.17) is 10.2 Å². The molecule has 2 rings (SSSR count). The number of aromatic nitrogens is 1. The highest BCUT2D eigenvalue weighted by Crippen LogP contribution is 2.31. The van der Waals surface area contributed by atoms with Crippen LogP contribution in [-0.2, 0) is 6.54 Å². The van der Waals surface area contributed by atoms with E-state index in [0.717, 1.165) is 26.4 Å². The van der Waals surface area contributed by atoms with E-state index in [0.29, 0.717) is 11.8 Å². The summed E-state index contributed by atoms with van der Waals surface area (Å²) in [4.78, 5) is 5.41. The molecule has 0 aliphatic heterocycles. The fourth-order valence-electron chi connectivity index (χ4n) is 1.39. The third-order valence-electron chi connectivity index (χ3n) is 2.38. The molecule has 0 atom stereocenters. The van der Waals surface area contributed by atoms with Gasteiger partial charge in [-0.1, -0.05) is 15.9 Å². The molecule has 0 amide bonds. The Morgan fingerprint density at radius 1 is 1.35 bits per heavy atom. The van der Waals surface area contributed by atoms with Gasteiger partial charge >= 0.3 is 0 Å². The zero-order valence-electron chi connectivity index (χ0n) is 9.66. The SMILES string of the molecule is Cc1nc(Sc2cc(Br)cc(CN)c2)oc1C. The Morgan fingerprint density at radius 3 is 2.71 bits per heavy atom. The van der Waals surface area contributed by atoms with E-state index < -0.39 is 0 Å². The van der Waals surface area contributed by atoms with Gasteiger partial charge in [-0.05, 0) is 49.4 Å². The Kier molecular flexibility index (Phi) is 3.91. The van der Waals surface area contributed by atoms with Gasteiger partial charge in [-0.25, -0.2) is 4.98 Å². The summed E-state index contributed by atoms with van der Waals surface area (Å²) in [6.07, 6.45) is 0. The molecule has 2 N–H and O–H groups in total. The maximum atomic E-state index is 5.64. The number of rotatable bonds is 3. The van der Waals surface area contributed by atoms with Crippen molar-refractivity contribution >= 4 is 27.7 Å². The van der Waals surface area contributed by atoms with Crippen molar-refractivity contribution in [2.75, 3.05) is 0 Å². The second kappa shape index (κ2) is 5.25. The zero-order chi connectivity index (χ0) is 12.4. The van der Waals surface area contributed by atoms with Crippen LogP contribution in [0.25, 0.3) is 0 Å². The second-order valence-electron chi connectivity index (χ2n) is 3.72. The van der Waals surface area contributed by atoms with Crippen LogP contribution in [0.4, 0.5) is 0 Å². The van der Waals surface area contributed by atoms with Gasteiger partial charge in [0.15, 0.2) is 0 Å². The second-order valence-corrected chi connectivity index (χ2v) is 5.66. The smallest absolute Gasteiger partial charge is 0.260 e. The van der Waals surface area contributed by atoms with Gasteiger partial charge in [-0.2, -0.15) is 0 Å². The molecule has 1 aromatic heterocycles. The Balaban J connectivity index is 2.26. The number of aryl methyl sites for hydroxylation is 2. The molecule has 0 bridgehead atoms. The minimum atomic E-state index is 0.524. The summed E-state index contributed by atoms with van der Waals surface area (Å²) in [5, 5.41) is 0.668. The molecular weight excluding hydrogens is 300 g/mol. The van der Waals surface area contributed by atoms with Crippen LogP contribution in [0.1, 0.15) is 17.0 Å². The quantitative estimate of drug-likeness (QED) is 0.939. The molecule has 0 saturated carbocycles. The zero-order valence-corrected chi connectivity index (χ0v) is 12.1. The van der Waals surface area contributed by atoms with Crippen LogP contribution < -0.4 is 5.73 Å². The van der Waals surface area contributed by atoms with Crippen molar-refractivity contribution < 1.29 is 4.42 Å². The van der Waals surface area contributed by atoms with E-state index in [-0.39, 0.29) is 0 Å². The topological polar surface area (TPSA) is 52.0 Å². The van der Waals surface area contributed by atoms with Crippen molar-refractivity contribution in [1.82, 2.24) is 4.98 Å². The molecule has 0 aliphatic carbocycles. The number of benzene rings is 1. The summed E-state index contributed by atoms with van der Waals surface area (Å²) < 4.78 is 6.55. The number of halogens is 1. The average molecular weight is 313 g/mol. The van der Waals surface area contributed by atoms with E-state index in [1.807, 2.05) is 32.0 Å². The summed E-state index contributed by atoms with van der Waals surface area (Å²) in [6.45, 7) is 4.38. The highest BCUT2D eigenvalue weighted by atomic mass is 79.9. The van der Waals surface area contributed by atoms with Crippen molar-refractivity contribution in [2.24, 2.45) is 5.73 Å². The van der Waals surface area contributed by atoms with Gasteiger partial charge in [0.2, 0.25) is 0 Å². The summed E-state index contributed by atoms with van der Waals surface area (Å²) in [7, 11) is 0. The highest BCUT2D eigenvalue weighted by Gasteiger charge is 2.08. The maximum Gasteiger partial charge on any atom is 0.260 e. The molecule has 2 aromatic rings. The largest absolute Gasteiger partial charge is 0.436 e. The van der Waals surface area contributed by atoms with E-state index in [9.17, 15) is 0 Å². The first kappa shape index (κ1) is 12.7. The normalized spacial score (nSPS) is 10.8. The predicted molar refractivity (Wildman–Crippen MR) is 72.1 cm³/mol. The van der Waals surface area contributed by atoms with Gasteiger partial charge in [0.05, 0.1) is 5.69 Å². The van der Waals surface area contributed by atoms with Crippen LogP contribution in [0.15, 0.2) is 37.2 Å². The molecule has 3 nitrogen and oxygen atoms in total. The first-order valence-corrected chi connectivity index (χ1v) is 6.81. The van der Waals surface area contributed by atoms with E-state index in [2.05, 4.69) is 20.9 Å². The lowest BCUT2D eigenvalue weighted by Gasteiger charge is -2.02. The molecule has 90 valence electrons. The van der Waals surface area contributed by atoms with Crippen LogP contribution in [0.2, 0.25) is 0 Å². The van der Waals surface area contributed by atoms with Crippen LogP contribution in [0.5, 0.6) is 0 Å². The van der Waals surface area contributed by atoms with Gasteiger partial charge in [-0.3, -0.25) is 0 Å². The molecule has 0 radical (unpaired) electrons. The third-order valence-corrected chi connectivity index (χ3v) is 3.66. The molecule has 0 saturated heterocycles. The Morgan fingerprint density at radius 2 is 2.12 bits per heavy atom.